The molecule has 8 heteroatoms. The summed E-state index contributed by atoms with van der Waals surface area (Å²) in [5.41, 5.74) is 2.61. The van der Waals surface area contributed by atoms with Crippen LogP contribution in [0.2, 0.25) is 10.0 Å². The van der Waals surface area contributed by atoms with Gasteiger partial charge in [0.1, 0.15) is 6.04 Å². The second-order valence-corrected chi connectivity index (χ2v) is 9.57. The molecule has 0 fully saturated rings. The Bertz CT molecular complexity index is 1220. The number of halogens is 2. The van der Waals surface area contributed by atoms with Gasteiger partial charge in [-0.3, -0.25) is 9.59 Å². The van der Waals surface area contributed by atoms with Crippen molar-refractivity contribution in [1.29, 1.82) is 0 Å². The first-order valence-electron chi connectivity index (χ1n) is 12.7. The predicted molar refractivity (Wildman–Crippen MR) is 152 cm³/mol. The van der Waals surface area contributed by atoms with Gasteiger partial charge in [0, 0.05) is 36.5 Å². The standard InChI is InChI=1S/C30H34Cl2N2O4/c1-4-37-27-15-11-22(18-28(27)38-5-2)12-16-29(35)34(20-23-13-14-24(31)19-25(23)32)26(30(36)33-3)17-21-9-7-6-8-10-21/h6-11,13-15,18-19,26H,4-5,12,16-17,20H2,1-3H3,(H,33,36)/t26-/m0/s1. The van der Waals surface area contributed by atoms with Gasteiger partial charge in [0.2, 0.25) is 11.8 Å². The highest BCUT2D eigenvalue weighted by Crippen LogP contribution is 2.29. The molecular weight excluding hydrogens is 523 g/mol. The third kappa shape index (κ3) is 8.14. The van der Waals surface area contributed by atoms with Gasteiger partial charge in [-0.25, -0.2) is 0 Å². The molecule has 0 radical (unpaired) electrons. The van der Waals surface area contributed by atoms with Crippen LogP contribution in [0.4, 0.5) is 0 Å². The number of rotatable bonds is 13. The van der Waals surface area contributed by atoms with Crippen molar-refractivity contribution < 1.29 is 19.1 Å². The molecule has 0 aliphatic carbocycles. The second-order valence-electron chi connectivity index (χ2n) is 8.72. The van der Waals surface area contributed by atoms with E-state index >= 15 is 0 Å². The summed E-state index contributed by atoms with van der Waals surface area (Å²) in [6, 6.07) is 19.8. The first kappa shape index (κ1) is 29.3. The number of hydrogen-bond acceptors (Lipinski definition) is 4. The fourth-order valence-corrected chi connectivity index (χ4v) is 4.67. The summed E-state index contributed by atoms with van der Waals surface area (Å²) < 4.78 is 11.4. The van der Waals surface area contributed by atoms with Gasteiger partial charge in [0.15, 0.2) is 11.5 Å². The van der Waals surface area contributed by atoms with Crippen molar-refractivity contribution in [2.24, 2.45) is 0 Å². The second kappa shape index (κ2) is 14.6. The molecule has 6 nitrogen and oxygen atoms in total. The van der Waals surface area contributed by atoms with E-state index in [9.17, 15) is 9.59 Å². The van der Waals surface area contributed by atoms with Gasteiger partial charge in [-0.05, 0) is 61.2 Å². The summed E-state index contributed by atoms with van der Waals surface area (Å²) in [5.74, 6) is 0.918. The number of benzene rings is 3. The minimum absolute atomic E-state index is 0.160. The Morgan fingerprint density at radius 2 is 1.61 bits per heavy atom. The van der Waals surface area contributed by atoms with Crippen molar-refractivity contribution in [2.45, 2.75) is 45.7 Å². The highest BCUT2D eigenvalue weighted by atomic mass is 35.5. The molecule has 202 valence electrons. The molecule has 0 aliphatic heterocycles. The fourth-order valence-electron chi connectivity index (χ4n) is 4.20. The molecule has 0 bridgehead atoms. The van der Waals surface area contributed by atoms with Gasteiger partial charge in [0.25, 0.3) is 0 Å². The van der Waals surface area contributed by atoms with Gasteiger partial charge < -0.3 is 19.7 Å². The summed E-state index contributed by atoms with van der Waals surface area (Å²) in [6.07, 6.45) is 1.05. The van der Waals surface area contributed by atoms with Crippen LogP contribution < -0.4 is 14.8 Å². The number of carbonyl (C=O) groups excluding carboxylic acids is 2. The Kier molecular flexibility index (Phi) is 11.3. The van der Waals surface area contributed by atoms with Crippen molar-refractivity contribution in [2.75, 3.05) is 20.3 Å². The van der Waals surface area contributed by atoms with Crippen LogP contribution in [0.3, 0.4) is 0 Å². The summed E-state index contributed by atoms with van der Waals surface area (Å²) >= 11 is 12.6. The van der Waals surface area contributed by atoms with Crippen LogP contribution in [0.25, 0.3) is 0 Å². The van der Waals surface area contributed by atoms with Crippen LogP contribution in [0.1, 0.15) is 37.0 Å². The molecule has 3 rings (SSSR count). The number of nitrogens with zero attached hydrogens (tertiary/aromatic N) is 1. The Morgan fingerprint density at radius 1 is 0.895 bits per heavy atom. The van der Waals surface area contributed by atoms with E-state index in [1.807, 2.05) is 62.4 Å². The minimum atomic E-state index is -0.721. The molecule has 0 saturated carbocycles. The zero-order valence-corrected chi connectivity index (χ0v) is 23.5. The van der Waals surface area contributed by atoms with Crippen LogP contribution in [0, 0.1) is 0 Å². The van der Waals surface area contributed by atoms with E-state index in [-0.39, 0.29) is 24.8 Å². The zero-order valence-electron chi connectivity index (χ0n) is 22.0. The average molecular weight is 558 g/mol. The lowest BCUT2D eigenvalue weighted by atomic mass is 10.0. The largest absolute Gasteiger partial charge is 0.490 e. The maximum atomic E-state index is 13.8. The van der Waals surface area contributed by atoms with E-state index in [0.29, 0.717) is 53.2 Å². The summed E-state index contributed by atoms with van der Waals surface area (Å²) in [7, 11) is 1.58. The van der Waals surface area contributed by atoms with Crippen molar-refractivity contribution >= 4 is 35.0 Å². The van der Waals surface area contributed by atoms with Crippen LogP contribution in [0.5, 0.6) is 11.5 Å². The SMILES string of the molecule is CCOc1ccc(CCC(=O)N(Cc2ccc(Cl)cc2Cl)[C@@H](Cc2ccccc2)C(=O)NC)cc1OCC. The molecule has 38 heavy (non-hydrogen) atoms. The van der Waals surface area contributed by atoms with Crippen molar-refractivity contribution in [1.82, 2.24) is 10.2 Å². The molecule has 0 saturated heterocycles. The lowest BCUT2D eigenvalue weighted by molar-refractivity contribution is -0.141. The summed E-state index contributed by atoms with van der Waals surface area (Å²) in [4.78, 5) is 28.5. The molecule has 0 aromatic heterocycles. The molecule has 0 spiro atoms. The molecule has 0 unspecified atom stereocenters. The predicted octanol–water partition coefficient (Wildman–Crippen LogP) is 6.11. The van der Waals surface area contributed by atoms with E-state index in [4.69, 9.17) is 32.7 Å². The average Bonchev–Trinajstić information content (AvgIpc) is 2.92. The quantitative estimate of drug-likeness (QED) is 0.276. The van der Waals surface area contributed by atoms with Crippen molar-refractivity contribution in [3.05, 3.63) is 93.5 Å². The van der Waals surface area contributed by atoms with E-state index in [1.54, 1.807) is 30.1 Å². The third-order valence-corrected chi connectivity index (χ3v) is 6.70. The van der Waals surface area contributed by atoms with Crippen molar-refractivity contribution in [3.63, 3.8) is 0 Å². The number of carbonyl (C=O) groups is 2. The highest BCUT2D eigenvalue weighted by Gasteiger charge is 2.30. The number of amides is 2. The van der Waals surface area contributed by atoms with E-state index in [1.165, 1.54) is 0 Å². The normalized spacial score (nSPS) is 11.5. The number of hydrogen-bond donors (Lipinski definition) is 1. The van der Waals surface area contributed by atoms with E-state index in [0.717, 1.165) is 11.1 Å². The lowest BCUT2D eigenvalue weighted by Crippen LogP contribution is -2.49. The molecule has 1 atom stereocenters. The molecule has 0 aliphatic rings. The Balaban J connectivity index is 1.89. The van der Waals surface area contributed by atoms with E-state index in [2.05, 4.69) is 5.32 Å². The first-order valence-corrected chi connectivity index (χ1v) is 13.5. The van der Waals surface area contributed by atoms with Gasteiger partial charge >= 0.3 is 0 Å². The Morgan fingerprint density at radius 3 is 2.26 bits per heavy atom. The zero-order chi connectivity index (χ0) is 27.5. The molecule has 1 N–H and O–H groups in total. The number of likely N-dealkylation sites (N-methyl/N-ethyl adjacent to an activating group) is 1. The molecule has 0 heterocycles. The molecular formula is C30H34Cl2N2O4. The number of aryl methyl sites for hydroxylation is 1. The third-order valence-electron chi connectivity index (χ3n) is 6.11. The van der Waals surface area contributed by atoms with Crippen molar-refractivity contribution in [3.8, 4) is 11.5 Å². The maximum absolute atomic E-state index is 13.8. The smallest absolute Gasteiger partial charge is 0.242 e. The van der Waals surface area contributed by atoms with Gasteiger partial charge in [0.05, 0.1) is 13.2 Å². The topological polar surface area (TPSA) is 67.9 Å². The Labute approximate surface area is 234 Å². The monoisotopic (exact) mass is 556 g/mol. The maximum Gasteiger partial charge on any atom is 0.242 e. The summed E-state index contributed by atoms with van der Waals surface area (Å²) in [5, 5.41) is 3.67. The van der Waals surface area contributed by atoms with Gasteiger partial charge in [-0.15, -0.1) is 0 Å². The fraction of sp³-hybridized carbons (Fsp3) is 0.333. The summed E-state index contributed by atoms with van der Waals surface area (Å²) in [6.45, 7) is 5.04. The van der Waals surface area contributed by atoms with E-state index < -0.39 is 6.04 Å². The first-order chi connectivity index (χ1) is 18.4. The minimum Gasteiger partial charge on any atom is -0.490 e. The molecule has 2 amide bonds. The van der Waals surface area contributed by atoms with Crippen LogP contribution in [-0.4, -0.2) is 43.0 Å². The highest BCUT2D eigenvalue weighted by molar-refractivity contribution is 6.35. The van der Waals surface area contributed by atoms with Crippen LogP contribution in [0.15, 0.2) is 66.7 Å². The molecule has 3 aromatic carbocycles. The number of ether oxygens (including phenoxy) is 2. The lowest BCUT2D eigenvalue weighted by Gasteiger charge is -2.31. The van der Waals surface area contributed by atoms with Gasteiger partial charge in [-0.2, -0.15) is 0 Å². The Hall–Kier alpha value is -3.22. The van der Waals surface area contributed by atoms with Gasteiger partial charge in [-0.1, -0.05) is 65.7 Å². The van der Waals surface area contributed by atoms with Crippen LogP contribution in [-0.2, 0) is 29.0 Å². The van der Waals surface area contributed by atoms with Crippen LogP contribution >= 0.6 is 23.2 Å². The number of nitrogens with one attached hydrogen (secondary N) is 1. The molecule has 3 aromatic rings.